The summed E-state index contributed by atoms with van der Waals surface area (Å²) in [5.74, 6) is 2.15. The Hall–Kier alpha value is -3.23. The van der Waals surface area contributed by atoms with Crippen LogP contribution in [-0.4, -0.2) is 66.8 Å². The molecule has 4 aromatic rings. The minimum absolute atomic E-state index is 0.0385. The van der Waals surface area contributed by atoms with Crippen molar-refractivity contribution in [2.75, 3.05) is 26.7 Å². The van der Waals surface area contributed by atoms with Gasteiger partial charge in [0.1, 0.15) is 17.7 Å². The highest BCUT2D eigenvalue weighted by atomic mass is 16.1. The van der Waals surface area contributed by atoms with Crippen LogP contribution in [0.4, 0.5) is 0 Å². The molecular weight excluding hydrogens is 522 g/mol. The Kier molecular flexibility index (Phi) is 5.90. The van der Waals surface area contributed by atoms with Crippen LogP contribution < -0.4 is 5.56 Å². The monoisotopic (exact) mass is 565 g/mol. The summed E-state index contributed by atoms with van der Waals surface area (Å²) >= 11 is 0. The molecule has 1 spiro atoms. The number of aryl methyl sites for hydroxylation is 1. The van der Waals surface area contributed by atoms with E-state index < -0.39 is 0 Å². The van der Waals surface area contributed by atoms with Gasteiger partial charge in [0.2, 0.25) is 0 Å². The molecule has 0 radical (unpaired) electrons. The average Bonchev–Trinajstić information content (AvgIpc) is 3.87. The lowest BCUT2D eigenvalue weighted by Crippen LogP contribution is -2.53. The number of benzene rings is 1. The van der Waals surface area contributed by atoms with Crippen LogP contribution in [0.25, 0.3) is 16.6 Å². The molecule has 3 aliphatic carbocycles. The quantitative estimate of drug-likeness (QED) is 0.343. The van der Waals surface area contributed by atoms with Gasteiger partial charge >= 0.3 is 0 Å². The highest BCUT2D eigenvalue weighted by molar-refractivity contribution is 5.84. The van der Waals surface area contributed by atoms with Crippen LogP contribution in [0, 0.1) is 11.3 Å². The fourth-order valence-electron chi connectivity index (χ4n) is 8.25. The van der Waals surface area contributed by atoms with Gasteiger partial charge in [-0.1, -0.05) is 26.0 Å². The molecule has 1 aliphatic heterocycles. The van der Waals surface area contributed by atoms with E-state index in [4.69, 9.17) is 0 Å². The van der Waals surface area contributed by atoms with Crippen LogP contribution in [0.3, 0.4) is 0 Å². The van der Waals surface area contributed by atoms with Crippen molar-refractivity contribution < 1.29 is 0 Å². The first-order valence-electron chi connectivity index (χ1n) is 15.9. The maximum Gasteiger partial charge on any atom is 0.279 e. The van der Waals surface area contributed by atoms with Crippen LogP contribution in [0.1, 0.15) is 80.9 Å². The number of fused-ring (bicyclic) bond motifs is 1. The molecule has 8 rings (SSSR count). The van der Waals surface area contributed by atoms with E-state index in [1.54, 1.807) is 0 Å². The van der Waals surface area contributed by atoms with Crippen LogP contribution >= 0.6 is 0 Å². The summed E-state index contributed by atoms with van der Waals surface area (Å²) in [6.45, 7) is 8.72. The number of H-pyrrole nitrogens is 1. The molecule has 220 valence electrons. The Morgan fingerprint density at radius 1 is 1.10 bits per heavy atom. The Labute approximate surface area is 247 Å². The van der Waals surface area contributed by atoms with Gasteiger partial charge in [-0.15, -0.1) is 10.2 Å². The molecule has 1 aromatic carbocycles. The fraction of sp³-hybridized carbons (Fsp3) is 0.559. The summed E-state index contributed by atoms with van der Waals surface area (Å²) < 4.78 is 3.98. The van der Waals surface area contributed by atoms with Gasteiger partial charge in [0.25, 0.3) is 5.56 Å². The van der Waals surface area contributed by atoms with E-state index in [2.05, 4.69) is 87.0 Å². The van der Waals surface area contributed by atoms with E-state index in [1.165, 1.54) is 36.8 Å². The van der Waals surface area contributed by atoms with Crippen molar-refractivity contribution in [1.29, 1.82) is 0 Å². The van der Waals surface area contributed by atoms with Crippen LogP contribution in [0.15, 0.2) is 47.7 Å². The van der Waals surface area contributed by atoms with Gasteiger partial charge in [0.05, 0.1) is 5.41 Å². The molecule has 0 unspecified atom stereocenters. The number of rotatable bonds is 7. The summed E-state index contributed by atoms with van der Waals surface area (Å²) in [5.41, 5.74) is 5.77. The van der Waals surface area contributed by atoms with Crippen molar-refractivity contribution >= 4 is 10.9 Å². The largest absolute Gasteiger partial charge is 0.353 e. The molecule has 1 atom stereocenters. The van der Waals surface area contributed by atoms with E-state index in [1.807, 2.05) is 17.9 Å². The number of aromatic amines is 1. The second kappa shape index (κ2) is 9.38. The SMILES string of the molecule is CC(C)[C@H]1CN(C)CCN1Cc1cc2c(C3CC3)cn(-c3cccc(C4(c5nncn5C)CC5(CC5)C4)c3)c(=O)c2[nH]1. The summed E-state index contributed by atoms with van der Waals surface area (Å²) in [6.07, 6.45) is 11.2. The predicted molar refractivity (Wildman–Crippen MR) is 165 cm³/mol. The van der Waals surface area contributed by atoms with E-state index in [0.29, 0.717) is 23.3 Å². The number of likely N-dealkylation sites (N-methyl/N-ethyl adjacent to an activating group) is 1. The molecule has 1 saturated heterocycles. The Bertz CT molecular complexity index is 1710. The molecule has 42 heavy (non-hydrogen) atoms. The minimum Gasteiger partial charge on any atom is -0.353 e. The molecule has 4 heterocycles. The van der Waals surface area contributed by atoms with Crippen molar-refractivity contribution in [2.45, 2.75) is 76.3 Å². The number of nitrogens with zero attached hydrogens (tertiary/aromatic N) is 6. The first-order valence-corrected chi connectivity index (χ1v) is 15.9. The Balaban J connectivity index is 1.18. The lowest BCUT2D eigenvalue weighted by Gasteiger charge is -2.48. The number of nitrogens with one attached hydrogen (secondary N) is 1. The van der Waals surface area contributed by atoms with Gasteiger partial charge in [-0.2, -0.15) is 0 Å². The molecule has 4 fully saturated rings. The van der Waals surface area contributed by atoms with Gasteiger partial charge in [0, 0.05) is 62.2 Å². The molecule has 8 heteroatoms. The Morgan fingerprint density at radius 3 is 2.60 bits per heavy atom. The lowest BCUT2D eigenvalue weighted by atomic mass is 9.56. The maximum absolute atomic E-state index is 14.2. The summed E-state index contributed by atoms with van der Waals surface area (Å²) in [5, 5.41) is 9.95. The molecule has 0 amide bonds. The molecule has 4 aliphatic rings. The third-order valence-corrected chi connectivity index (χ3v) is 10.9. The van der Waals surface area contributed by atoms with Gasteiger partial charge in [-0.3, -0.25) is 14.3 Å². The smallest absolute Gasteiger partial charge is 0.279 e. The molecular formula is C34H43N7O. The van der Waals surface area contributed by atoms with E-state index in [0.717, 1.165) is 67.1 Å². The highest BCUT2D eigenvalue weighted by Gasteiger charge is 2.63. The molecule has 3 saturated carbocycles. The lowest BCUT2D eigenvalue weighted by molar-refractivity contribution is 0.0563. The van der Waals surface area contributed by atoms with Gasteiger partial charge in [0.15, 0.2) is 0 Å². The summed E-state index contributed by atoms with van der Waals surface area (Å²) in [4.78, 5) is 22.8. The first-order chi connectivity index (χ1) is 20.3. The van der Waals surface area contributed by atoms with Crippen molar-refractivity contribution in [3.63, 3.8) is 0 Å². The fourth-order valence-corrected chi connectivity index (χ4v) is 8.25. The molecule has 8 nitrogen and oxygen atoms in total. The van der Waals surface area contributed by atoms with E-state index in [-0.39, 0.29) is 11.0 Å². The van der Waals surface area contributed by atoms with Crippen molar-refractivity contribution in [2.24, 2.45) is 18.4 Å². The zero-order chi connectivity index (χ0) is 28.8. The average molecular weight is 566 g/mol. The topological polar surface area (TPSA) is 75.0 Å². The normalized spacial score (nSPS) is 23.6. The molecule has 3 aromatic heterocycles. The van der Waals surface area contributed by atoms with Crippen LogP contribution in [-0.2, 0) is 19.0 Å². The molecule has 1 N–H and O–H groups in total. The van der Waals surface area contributed by atoms with E-state index >= 15 is 0 Å². The van der Waals surface area contributed by atoms with Crippen molar-refractivity contribution in [3.8, 4) is 5.69 Å². The summed E-state index contributed by atoms with van der Waals surface area (Å²) in [6, 6.07) is 11.5. The number of pyridine rings is 1. The maximum atomic E-state index is 14.2. The third-order valence-electron chi connectivity index (χ3n) is 10.9. The highest BCUT2D eigenvalue weighted by Crippen LogP contribution is 2.70. The van der Waals surface area contributed by atoms with Crippen molar-refractivity contribution in [1.82, 2.24) is 34.1 Å². The minimum atomic E-state index is -0.139. The number of piperazine rings is 1. The van der Waals surface area contributed by atoms with Crippen LogP contribution in [0.5, 0.6) is 0 Å². The number of hydrogen-bond acceptors (Lipinski definition) is 5. The van der Waals surface area contributed by atoms with Gasteiger partial charge < -0.3 is 14.5 Å². The number of aromatic nitrogens is 5. The first kappa shape index (κ1) is 26.4. The molecule has 0 bridgehead atoms. The third kappa shape index (κ3) is 4.21. The van der Waals surface area contributed by atoms with Gasteiger partial charge in [-0.05, 0) is 92.1 Å². The van der Waals surface area contributed by atoms with Crippen LogP contribution in [0.2, 0.25) is 0 Å². The van der Waals surface area contributed by atoms with Gasteiger partial charge in [-0.25, -0.2) is 0 Å². The number of hydrogen-bond donors (Lipinski definition) is 1. The second-order valence-electron chi connectivity index (χ2n) is 14.4. The Morgan fingerprint density at radius 2 is 1.90 bits per heavy atom. The summed E-state index contributed by atoms with van der Waals surface area (Å²) in [7, 11) is 4.27. The van der Waals surface area contributed by atoms with E-state index in [9.17, 15) is 4.79 Å². The van der Waals surface area contributed by atoms with Crippen molar-refractivity contribution in [3.05, 3.63) is 75.9 Å². The zero-order valence-corrected chi connectivity index (χ0v) is 25.4. The predicted octanol–water partition coefficient (Wildman–Crippen LogP) is 4.96. The zero-order valence-electron chi connectivity index (χ0n) is 25.4. The second-order valence-corrected chi connectivity index (χ2v) is 14.4. The standard InChI is InChI=1S/C34H43N7O/c1-22(2)29-18-38(3)12-13-40(29)16-25-15-27-28(23-8-9-23)17-41(31(42)30(27)36-25)26-7-5-6-24(14-26)34(19-33(20-34)10-11-33)32-37-35-21-39(32)4/h5-7,14-15,17,21-23,29,36H,8-13,16,18-20H2,1-4H3/t29-/m1/s1.